The molecular formula is C12H12ClFN2O. The van der Waals surface area contributed by atoms with E-state index < -0.39 is 0 Å². The Balaban J connectivity index is 2.47. The Hall–Kier alpha value is -1.42. The van der Waals surface area contributed by atoms with Crippen LogP contribution in [0.5, 0.6) is 0 Å². The smallest absolute Gasteiger partial charge is 0.131 e. The Bertz CT molecular complexity index is 565. The van der Waals surface area contributed by atoms with E-state index in [1.807, 2.05) is 4.57 Å². The summed E-state index contributed by atoms with van der Waals surface area (Å²) in [6.07, 6.45) is 0.423. The third-order valence-corrected chi connectivity index (χ3v) is 2.84. The highest BCUT2D eigenvalue weighted by atomic mass is 35.5. The zero-order valence-electron chi connectivity index (χ0n) is 9.41. The normalized spacial score (nSPS) is 11.0. The summed E-state index contributed by atoms with van der Waals surface area (Å²) in [4.78, 5) is 15.3. The van der Waals surface area contributed by atoms with Gasteiger partial charge in [-0.1, -0.05) is 0 Å². The number of aromatic nitrogens is 2. The highest BCUT2D eigenvalue weighted by Gasteiger charge is 2.10. The summed E-state index contributed by atoms with van der Waals surface area (Å²) in [7, 11) is 0. The first-order valence-electron chi connectivity index (χ1n) is 5.32. The van der Waals surface area contributed by atoms with Gasteiger partial charge in [0.25, 0.3) is 0 Å². The van der Waals surface area contributed by atoms with E-state index in [4.69, 9.17) is 11.6 Å². The molecule has 0 unspecified atom stereocenters. The molecule has 0 aliphatic rings. The molecule has 17 heavy (non-hydrogen) atoms. The molecule has 0 spiro atoms. The third-order valence-electron chi connectivity index (χ3n) is 2.60. The standard InChI is InChI=1S/C12H12ClFN2O/c1-8(17)4-5-16-11-3-2-9(14)6-10(11)15-12(16)7-13/h2-3,6H,4-5,7H2,1H3. The van der Waals surface area contributed by atoms with Crippen LogP contribution in [0.25, 0.3) is 11.0 Å². The molecule has 0 amide bonds. The van der Waals surface area contributed by atoms with Crippen LogP contribution in [0.3, 0.4) is 0 Å². The fourth-order valence-corrected chi connectivity index (χ4v) is 1.98. The van der Waals surface area contributed by atoms with Crippen LogP contribution >= 0.6 is 11.6 Å². The van der Waals surface area contributed by atoms with E-state index in [1.165, 1.54) is 12.1 Å². The second kappa shape index (κ2) is 4.84. The van der Waals surface area contributed by atoms with E-state index in [1.54, 1.807) is 13.0 Å². The average Bonchev–Trinajstić information content (AvgIpc) is 2.63. The van der Waals surface area contributed by atoms with E-state index in [-0.39, 0.29) is 17.5 Å². The van der Waals surface area contributed by atoms with Crippen molar-refractivity contribution in [2.45, 2.75) is 25.8 Å². The summed E-state index contributed by atoms with van der Waals surface area (Å²) in [5.41, 5.74) is 1.38. The van der Waals surface area contributed by atoms with Crippen molar-refractivity contribution in [3.63, 3.8) is 0 Å². The van der Waals surface area contributed by atoms with E-state index in [0.717, 1.165) is 5.52 Å². The number of nitrogens with zero attached hydrogens (tertiary/aromatic N) is 2. The van der Waals surface area contributed by atoms with Crippen molar-refractivity contribution < 1.29 is 9.18 Å². The first-order valence-corrected chi connectivity index (χ1v) is 5.85. The molecule has 0 fully saturated rings. The molecule has 90 valence electrons. The topological polar surface area (TPSA) is 34.9 Å². The van der Waals surface area contributed by atoms with Crippen LogP contribution in [0.2, 0.25) is 0 Å². The van der Waals surface area contributed by atoms with Crippen molar-refractivity contribution in [1.82, 2.24) is 9.55 Å². The van der Waals surface area contributed by atoms with Crippen LogP contribution in [-0.2, 0) is 17.2 Å². The number of aryl methyl sites for hydroxylation is 1. The first-order chi connectivity index (χ1) is 8.11. The van der Waals surface area contributed by atoms with Crippen molar-refractivity contribution >= 4 is 28.4 Å². The first kappa shape index (κ1) is 12.0. The lowest BCUT2D eigenvalue weighted by molar-refractivity contribution is -0.117. The fraction of sp³-hybridized carbons (Fsp3) is 0.333. The molecule has 2 rings (SSSR count). The van der Waals surface area contributed by atoms with Gasteiger partial charge >= 0.3 is 0 Å². The average molecular weight is 255 g/mol. The summed E-state index contributed by atoms with van der Waals surface area (Å²) >= 11 is 5.80. The molecule has 0 saturated carbocycles. The SMILES string of the molecule is CC(=O)CCn1c(CCl)nc2cc(F)ccc21. The number of fused-ring (bicyclic) bond motifs is 1. The summed E-state index contributed by atoms with van der Waals surface area (Å²) in [6.45, 7) is 2.07. The molecule has 0 bridgehead atoms. The van der Waals surface area contributed by atoms with Gasteiger partial charge in [0.15, 0.2) is 0 Å². The number of ketones is 1. The third kappa shape index (κ3) is 2.47. The summed E-state index contributed by atoms with van der Waals surface area (Å²) in [5, 5.41) is 0. The van der Waals surface area contributed by atoms with Gasteiger partial charge in [0.05, 0.1) is 16.9 Å². The Labute approximate surface area is 103 Å². The van der Waals surface area contributed by atoms with E-state index >= 15 is 0 Å². The van der Waals surface area contributed by atoms with Crippen LogP contribution in [0.15, 0.2) is 18.2 Å². The molecule has 0 N–H and O–H groups in total. The number of carbonyl (C=O) groups is 1. The predicted molar refractivity (Wildman–Crippen MR) is 64.5 cm³/mol. The lowest BCUT2D eigenvalue weighted by Gasteiger charge is -2.05. The van der Waals surface area contributed by atoms with Gasteiger partial charge in [-0.3, -0.25) is 4.79 Å². The Kier molecular flexibility index (Phi) is 3.43. The minimum atomic E-state index is -0.324. The number of alkyl halides is 1. The van der Waals surface area contributed by atoms with Gasteiger partial charge in [-0.2, -0.15) is 0 Å². The van der Waals surface area contributed by atoms with E-state index in [9.17, 15) is 9.18 Å². The zero-order chi connectivity index (χ0) is 12.4. The number of hydrogen-bond donors (Lipinski definition) is 0. The Morgan fingerprint density at radius 2 is 2.29 bits per heavy atom. The van der Waals surface area contributed by atoms with Crippen LogP contribution in [0, 0.1) is 5.82 Å². The van der Waals surface area contributed by atoms with Gasteiger partial charge in [-0.05, 0) is 19.1 Å². The van der Waals surface area contributed by atoms with Crippen molar-refractivity contribution in [2.24, 2.45) is 0 Å². The predicted octanol–water partition coefficient (Wildman–Crippen LogP) is 2.89. The number of rotatable bonds is 4. The van der Waals surface area contributed by atoms with Crippen LogP contribution in [-0.4, -0.2) is 15.3 Å². The molecule has 0 aliphatic carbocycles. The molecule has 0 aliphatic heterocycles. The van der Waals surface area contributed by atoms with Gasteiger partial charge in [0.1, 0.15) is 17.4 Å². The zero-order valence-corrected chi connectivity index (χ0v) is 10.2. The van der Waals surface area contributed by atoms with Crippen LogP contribution in [0.1, 0.15) is 19.2 Å². The lowest BCUT2D eigenvalue weighted by Crippen LogP contribution is -2.05. The Morgan fingerprint density at radius 1 is 1.53 bits per heavy atom. The maximum atomic E-state index is 13.1. The number of halogens is 2. The summed E-state index contributed by atoms with van der Waals surface area (Å²) in [6, 6.07) is 4.41. The molecule has 1 heterocycles. The summed E-state index contributed by atoms with van der Waals surface area (Å²) in [5.74, 6) is 0.687. The number of Topliss-reactive ketones (excluding diaryl/α,β-unsaturated/α-hetero) is 1. The Morgan fingerprint density at radius 3 is 2.94 bits per heavy atom. The minimum absolute atomic E-state index is 0.106. The molecule has 2 aromatic rings. The molecule has 0 saturated heterocycles. The van der Waals surface area contributed by atoms with Gasteiger partial charge in [0, 0.05) is 19.0 Å². The maximum Gasteiger partial charge on any atom is 0.131 e. The lowest BCUT2D eigenvalue weighted by atomic mass is 10.3. The van der Waals surface area contributed by atoms with Crippen LogP contribution < -0.4 is 0 Å². The summed E-state index contributed by atoms with van der Waals surface area (Å²) < 4.78 is 14.9. The number of hydrogen-bond acceptors (Lipinski definition) is 2. The number of benzene rings is 1. The molecule has 1 aromatic carbocycles. The number of imidazole rings is 1. The molecular weight excluding hydrogens is 243 g/mol. The van der Waals surface area contributed by atoms with E-state index in [2.05, 4.69) is 4.98 Å². The number of carbonyl (C=O) groups excluding carboxylic acids is 1. The van der Waals surface area contributed by atoms with Gasteiger partial charge in [-0.15, -0.1) is 11.6 Å². The maximum absolute atomic E-state index is 13.1. The second-order valence-electron chi connectivity index (χ2n) is 3.90. The van der Waals surface area contributed by atoms with Gasteiger partial charge < -0.3 is 4.57 Å². The molecule has 5 heteroatoms. The van der Waals surface area contributed by atoms with Gasteiger partial charge in [0.2, 0.25) is 0 Å². The largest absolute Gasteiger partial charge is 0.327 e. The van der Waals surface area contributed by atoms with Crippen molar-refractivity contribution in [3.05, 3.63) is 29.8 Å². The van der Waals surface area contributed by atoms with Crippen LogP contribution in [0.4, 0.5) is 4.39 Å². The molecule has 3 nitrogen and oxygen atoms in total. The molecule has 0 radical (unpaired) electrons. The quantitative estimate of drug-likeness (QED) is 0.787. The second-order valence-corrected chi connectivity index (χ2v) is 4.17. The van der Waals surface area contributed by atoms with E-state index in [0.29, 0.717) is 24.3 Å². The van der Waals surface area contributed by atoms with Crippen molar-refractivity contribution in [2.75, 3.05) is 0 Å². The molecule has 1 aromatic heterocycles. The fourth-order valence-electron chi connectivity index (χ4n) is 1.77. The van der Waals surface area contributed by atoms with Crippen molar-refractivity contribution in [3.8, 4) is 0 Å². The highest BCUT2D eigenvalue weighted by Crippen LogP contribution is 2.19. The monoisotopic (exact) mass is 254 g/mol. The minimum Gasteiger partial charge on any atom is -0.327 e. The highest BCUT2D eigenvalue weighted by molar-refractivity contribution is 6.16. The molecule has 0 atom stereocenters. The van der Waals surface area contributed by atoms with Gasteiger partial charge in [-0.25, -0.2) is 9.37 Å². The van der Waals surface area contributed by atoms with Crippen molar-refractivity contribution in [1.29, 1.82) is 0 Å².